The van der Waals surface area contributed by atoms with Gasteiger partial charge in [0.1, 0.15) is 0 Å². The van der Waals surface area contributed by atoms with Crippen LogP contribution in [-0.2, 0) is 0 Å². The van der Waals surface area contributed by atoms with E-state index in [0.717, 1.165) is 12.6 Å². The number of hydrogen-bond donors (Lipinski definition) is 1. The average molecular weight is 344 g/mol. The quantitative estimate of drug-likeness (QED) is 0.844. The Morgan fingerprint density at radius 2 is 1.88 bits per heavy atom. The first-order chi connectivity index (χ1) is 8.29. The van der Waals surface area contributed by atoms with E-state index in [1.807, 2.05) is 0 Å². The third kappa shape index (κ3) is 3.85. The Hall–Kier alpha value is -0.290. The molecule has 0 bridgehead atoms. The van der Waals surface area contributed by atoms with Gasteiger partial charge in [0.2, 0.25) is 0 Å². The van der Waals surface area contributed by atoms with Crippen molar-refractivity contribution in [2.75, 3.05) is 24.5 Å². The minimum absolute atomic E-state index is 0.732. The summed E-state index contributed by atoms with van der Waals surface area (Å²) in [5.41, 5.74) is 1.37. The lowest BCUT2D eigenvalue weighted by atomic mass is 10.0. The summed E-state index contributed by atoms with van der Waals surface area (Å²) in [4.78, 5) is 2.50. The number of nitrogens with zero attached hydrogens (tertiary/aromatic N) is 1. The third-order valence-electron chi connectivity index (χ3n) is 3.37. The van der Waals surface area contributed by atoms with Gasteiger partial charge in [0, 0.05) is 28.4 Å². The van der Waals surface area contributed by atoms with E-state index in [9.17, 15) is 0 Å². The number of piperidine rings is 1. The highest BCUT2D eigenvalue weighted by Gasteiger charge is 2.18. The van der Waals surface area contributed by atoms with Crippen LogP contribution in [0.15, 0.2) is 24.3 Å². The molecule has 0 radical (unpaired) electrons. The average Bonchev–Trinajstić information content (AvgIpc) is 2.38. The minimum Gasteiger partial charge on any atom is -0.371 e. The van der Waals surface area contributed by atoms with Crippen LogP contribution in [0, 0.1) is 3.57 Å². The number of benzene rings is 1. The van der Waals surface area contributed by atoms with Crippen molar-refractivity contribution in [1.82, 2.24) is 5.32 Å². The molecule has 1 fully saturated rings. The van der Waals surface area contributed by atoms with Crippen LogP contribution in [0.4, 0.5) is 5.69 Å². The predicted molar refractivity (Wildman–Crippen MR) is 82.7 cm³/mol. The number of hydrogen-bond acceptors (Lipinski definition) is 2. The molecule has 0 aliphatic carbocycles. The molecular formula is C14H21IN2. The van der Waals surface area contributed by atoms with E-state index in [0.29, 0.717) is 0 Å². The fraction of sp³-hybridized carbons (Fsp3) is 0.571. The van der Waals surface area contributed by atoms with Gasteiger partial charge in [-0.25, -0.2) is 0 Å². The van der Waals surface area contributed by atoms with Crippen LogP contribution in [-0.4, -0.2) is 25.7 Å². The molecular weight excluding hydrogens is 323 g/mol. The molecule has 0 aromatic heterocycles. The second kappa shape index (κ2) is 6.59. The van der Waals surface area contributed by atoms with E-state index < -0.39 is 0 Å². The number of anilines is 1. The molecule has 0 atom stereocenters. The van der Waals surface area contributed by atoms with Gasteiger partial charge in [-0.2, -0.15) is 0 Å². The van der Waals surface area contributed by atoms with Crippen molar-refractivity contribution in [3.8, 4) is 0 Å². The summed E-state index contributed by atoms with van der Waals surface area (Å²) in [5.74, 6) is 0. The molecule has 0 spiro atoms. The van der Waals surface area contributed by atoms with E-state index in [1.165, 1.54) is 41.6 Å². The highest BCUT2D eigenvalue weighted by Crippen LogP contribution is 2.21. The summed E-state index contributed by atoms with van der Waals surface area (Å²) in [5, 5.41) is 3.62. The first-order valence-electron chi connectivity index (χ1n) is 6.53. The van der Waals surface area contributed by atoms with Crippen LogP contribution >= 0.6 is 22.6 Å². The number of nitrogens with one attached hydrogen (secondary N) is 1. The van der Waals surface area contributed by atoms with Crippen molar-refractivity contribution in [2.45, 2.75) is 32.2 Å². The maximum absolute atomic E-state index is 3.62. The predicted octanol–water partition coefficient (Wildman–Crippen LogP) is 3.26. The van der Waals surface area contributed by atoms with Gasteiger partial charge in [-0.3, -0.25) is 0 Å². The Morgan fingerprint density at radius 3 is 2.47 bits per heavy atom. The molecule has 1 heterocycles. The van der Waals surface area contributed by atoms with E-state index in [1.54, 1.807) is 0 Å². The molecule has 3 heteroatoms. The number of halogens is 1. The SMILES string of the molecule is CCCNC1CCN(c2ccc(I)cc2)CC1. The topological polar surface area (TPSA) is 15.3 Å². The monoisotopic (exact) mass is 344 g/mol. The third-order valence-corrected chi connectivity index (χ3v) is 4.09. The Labute approximate surface area is 118 Å². The fourth-order valence-electron chi connectivity index (χ4n) is 2.34. The van der Waals surface area contributed by atoms with Gasteiger partial charge in [-0.1, -0.05) is 6.92 Å². The van der Waals surface area contributed by atoms with Crippen molar-refractivity contribution in [3.05, 3.63) is 27.8 Å². The van der Waals surface area contributed by atoms with Crippen LogP contribution in [0.2, 0.25) is 0 Å². The molecule has 94 valence electrons. The largest absolute Gasteiger partial charge is 0.371 e. The Balaban J connectivity index is 1.84. The van der Waals surface area contributed by atoms with Crippen molar-refractivity contribution in [1.29, 1.82) is 0 Å². The maximum atomic E-state index is 3.62. The molecule has 1 saturated heterocycles. The highest BCUT2D eigenvalue weighted by atomic mass is 127. The summed E-state index contributed by atoms with van der Waals surface area (Å²) in [6.45, 7) is 5.76. The van der Waals surface area contributed by atoms with Crippen LogP contribution < -0.4 is 10.2 Å². The zero-order valence-corrected chi connectivity index (χ0v) is 12.6. The summed E-state index contributed by atoms with van der Waals surface area (Å²) in [6, 6.07) is 9.59. The van der Waals surface area contributed by atoms with Gasteiger partial charge in [0.05, 0.1) is 0 Å². The minimum atomic E-state index is 0.732. The lowest BCUT2D eigenvalue weighted by molar-refractivity contribution is 0.416. The lowest BCUT2D eigenvalue weighted by Crippen LogP contribution is -2.42. The van der Waals surface area contributed by atoms with Crippen molar-refractivity contribution in [3.63, 3.8) is 0 Å². The first kappa shape index (κ1) is 13.1. The van der Waals surface area contributed by atoms with Crippen molar-refractivity contribution >= 4 is 28.3 Å². The van der Waals surface area contributed by atoms with Gasteiger partial charge in [-0.15, -0.1) is 0 Å². The summed E-state index contributed by atoms with van der Waals surface area (Å²) >= 11 is 2.36. The molecule has 1 aliphatic rings. The summed E-state index contributed by atoms with van der Waals surface area (Å²) in [6.07, 6.45) is 3.77. The standard InChI is InChI=1S/C14H21IN2/c1-2-9-16-13-7-10-17(11-8-13)14-5-3-12(15)4-6-14/h3-6,13,16H,2,7-11H2,1H3. The van der Waals surface area contributed by atoms with Gasteiger partial charge < -0.3 is 10.2 Å². The van der Waals surface area contributed by atoms with E-state index in [2.05, 4.69) is 64.0 Å². The second-order valence-electron chi connectivity index (χ2n) is 4.69. The normalized spacial score (nSPS) is 17.4. The fourth-order valence-corrected chi connectivity index (χ4v) is 2.70. The Bertz CT molecular complexity index is 329. The van der Waals surface area contributed by atoms with Crippen molar-refractivity contribution in [2.24, 2.45) is 0 Å². The van der Waals surface area contributed by atoms with E-state index in [-0.39, 0.29) is 0 Å². The zero-order chi connectivity index (χ0) is 12.1. The molecule has 1 aliphatic heterocycles. The van der Waals surface area contributed by atoms with Gasteiger partial charge in [0.25, 0.3) is 0 Å². The van der Waals surface area contributed by atoms with Crippen LogP contribution in [0.5, 0.6) is 0 Å². The van der Waals surface area contributed by atoms with E-state index in [4.69, 9.17) is 0 Å². The van der Waals surface area contributed by atoms with Gasteiger partial charge in [0.15, 0.2) is 0 Å². The van der Waals surface area contributed by atoms with Gasteiger partial charge >= 0.3 is 0 Å². The second-order valence-corrected chi connectivity index (χ2v) is 5.94. The summed E-state index contributed by atoms with van der Waals surface area (Å²) < 4.78 is 1.31. The highest BCUT2D eigenvalue weighted by molar-refractivity contribution is 14.1. The number of rotatable bonds is 4. The zero-order valence-electron chi connectivity index (χ0n) is 10.5. The molecule has 1 N–H and O–H groups in total. The van der Waals surface area contributed by atoms with Crippen molar-refractivity contribution < 1.29 is 0 Å². The maximum Gasteiger partial charge on any atom is 0.0366 e. The van der Waals surface area contributed by atoms with Gasteiger partial charge in [-0.05, 0) is 72.7 Å². The van der Waals surface area contributed by atoms with Crippen LogP contribution in [0.3, 0.4) is 0 Å². The smallest absolute Gasteiger partial charge is 0.0366 e. The molecule has 2 nitrogen and oxygen atoms in total. The molecule has 1 aromatic carbocycles. The summed E-state index contributed by atoms with van der Waals surface area (Å²) in [7, 11) is 0. The molecule has 1 aromatic rings. The first-order valence-corrected chi connectivity index (χ1v) is 7.61. The van der Waals surface area contributed by atoms with Crippen LogP contribution in [0.1, 0.15) is 26.2 Å². The molecule has 0 saturated carbocycles. The Morgan fingerprint density at radius 1 is 1.24 bits per heavy atom. The van der Waals surface area contributed by atoms with E-state index >= 15 is 0 Å². The molecule has 2 rings (SSSR count). The molecule has 0 unspecified atom stereocenters. The lowest BCUT2D eigenvalue weighted by Gasteiger charge is -2.34. The molecule has 17 heavy (non-hydrogen) atoms. The molecule has 0 amide bonds. The van der Waals surface area contributed by atoms with Crippen LogP contribution in [0.25, 0.3) is 0 Å². The Kier molecular flexibility index (Phi) is 5.10.